The van der Waals surface area contributed by atoms with Gasteiger partial charge in [0.1, 0.15) is 11.6 Å². The van der Waals surface area contributed by atoms with E-state index >= 15 is 0 Å². The molecule has 0 aliphatic rings. The summed E-state index contributed by atoms with van der Waals surface area (Å²) in [4.78, 5) is 15.4. The number of fused-ring (bicyclic) bond motifs is 1. The molecule has 29 heavy (non-hydrogen) atoms. The SMILES string of the molecule is CC(CO)(CO)NC(=O)CCc1c(-c2ccc(F)cc2)[nH]c2c(F)cc(Cl)cc12. The molecule has 0 fully saturated rings. The second-order valence-corrected chi connectivity index (χ2v) is 7.66. The first-order valence-electron chi connectivity index (χ1n) is 9.04. The Balaban J connectivity index is 1.97. The van der Waals surface area contributed by atoms with Crippen LogP contribution in [-0.4, -0.2) is 39.9 Å². The number of aromatic amines is 1. The molecule has 2 aromatic carbocycles. The summed E-state index contributed by atoms with van der Waals surface area (Å²) in [5.74, 6) is -1.30. The number of carbonyl (C=O) groups is 1. The van der Waals surface area contributed by atoms with E-state index in [-0.39, 0.29) is 29.3 Å². The Labute approximate surface area is 171 Å². The number of aryl methyl sites for hydroxylation is 1. The Morgan fingerprint density at radius 1 is 1.17 bits per heavy atom. The number of hydrogen-bond acceptors (Lipinski definition) is 3. The van der Waals surface area contributed by atoms with Crippen molar-refractivity contribution in [1.29, 1.82) is 0 Å². The summed E-state index contributed by atoms with van der Waals surface area (Å²) in [6.07, 6.45) is 0.274. The number of amides is 1. The molecule has 8 heteroatoms. The second kappa shape index (κ2) is 8.49. The Morgan fingerprint density at radius 2 is 1.83 bits per heavy atom. The molecule has 1 heterocycles. The summed E-state index contributed by atoms with van der Waals surface area (Å²) in [7, 11) is 0. The summed E-state index contributed by atoms with van der Waals surface area (Å²) in [6, 6.07) is 8.54. The third-order valence-corrected chi connectivity index (χ3v) is 5.02. The maximum atomic E-state index is 14.4. The van der Waals surface area contributed by atoms with Crippen molar-refractivity contribution in [3.8, 4) is 11.3 Å². The molecule has 0 aliphatic carbocycles. The first-order valence-corrected chi connectivity index (χ1v) is 9.42. The minimum absolute atomic E-state index is 0.0326. The average Bonchev–Trinajstić information content (AvgIpc) is 3.05. The van der Waals surface area contributed by atoms with E-state index in [1.165, 1.54) is 25.1 Å². The molecule has 1 amide bonds. The van der Waals surface area contributed by atoms with Gasteiger partial charge in [-0.3, -0.25) is 4.79 Å². The lowest BCUT2D eigenvalue weighted by Gasteiger charge is -2.26. The second-order valence-electron chi connectivity index (χ2n) is 7.22. The number of H-pyrrole nitrogens is 1. The van der Waals surface area contributed by atoms with Gasteiger partial charge < -0.3 is 20.5 Å². The standard InChI is InChI=1S/C21H21ClF2N2O3/c1-21(10-27,11-28)26-18(29)7-6-15-16-8-13(22)9-17(24)20(16)25-19(15)12-2-4-14(23)5-3-12/h2-5,8-9,25,27-28H,6-7,10-11H2,1H3,(H,26,29). The number of aliphatic hydroxyl groups is 2. The van der Waals surface area contributed by atoms with E-state index in [9.17, 15) is 23.8 Å². The fraction of sp³-hybridized carbons (Fsp3) is 0.286. The maximum absolute atomic E-state index is 14.4. The van der Waals surface area contributed by atoms with Crippen molar-refractivity contribution in [2.24, 2.45) is 0 Å². The van der Waals surface area contributed by atoms with Crippen LogP contribution in [0.2, 0.25) is 5.02 Å². The molecule has 0 aliphatic heterocycles. The summed E-state index contributed by atoms with van der Waals surface area (Å²) >= 11 is 6.02. The maximum Gasteiger partial charge on any atom is 0.220 e. The molecule has 0 saturated heterocycles. The summed E-state index contributed by atoms with van der Waals surface area (Å²) in [6.45, 7) is 0.698. The van der Waals surface area contributed by atoms with Gasteiger partial charge in [-0.15, -0.1) is 0 Å². The topological polar surface area (TPSA) is 85.3 Å². The van der Waals surface area contributed by atoms with Gasteiger partial charge in [-0.2, -0.15) is 0 Å². The van der Waals surface area contributed by atoms with Crippen molar-refractivity contribution in [3.05, 3.63) is 58.6 Å². The number of hydrogen-bond donors (Lipinski definition) is 4. The van der Waals surface area contributed by atoms with Crippen LogP contribution in [0.1, 0.15) is 18.9 Å². The third kappa shape index (κ3) is 4.58. The number of nitrogens with one attached hydrogen (secondary N) is 2. The van der Waals surface area contributed by atoms with Crippen LogP contribution in [0.25, 0.3) is 22.2 Å². The van der Waals surface area contributed by atoms with Crippen molar-refractivity contribution in [2.75, 3.05) is 13.2 Å². The first kappa shape index (κ1) is 21.2. The lowest BCUT2D eigenvalue weighted by molar-refractivity contribution is -0.124. The van der Waals surface area contributed by atoms with E-state index in [0.717, 1.165) is 0 Å². The monoisotopic (exact) mass is 422 g/mol. The summed E-state index contributed by atoms with van der Waals surface area (Å²) in [5.41, 5.74) is 0.995. The highest BCUT2D eigenvalue weighted by atomic mass is 35.5. The van der Waals surface area contributed by atoms with Crippen molar-refractivity contribution in [1.82, 2.24) is 10.3 Å². The molecule has 0 spiro atoms. The van der Waals surface area contributed by atoms with Gasteiger partial charge in [0.05, 0.1) is 24.3 Å². The highest BCUT2D eigenvalue weighted by Crippen LogP contribution is 2.34. The van der Waals surface area contributed by atoms with E-state index in [1.54, 1.807) is 18.2 Å². The fourth-order valence-electron chi connectivity index (χ4n) is 3.16. The zero-order valence-corrected chi connectivity index (χ0v) is 16.5. The first-order chi connectivity index (χ1) is 13.8. The quantitative estimate of drug-likeness (QED) is 0.469. The lowest BCUT2D eigenvalue weighted by Crippen LogP contribution is -2.51. The van der Waals surface area contributed by atoms with Gasteiger partial charge >= 0.3 is 0 Å². The van der Waals surface area contributed by atoms with Gasteiger partial charge in [-0.1, -0.05) is 11.6 Å². The summed E-state index contributed by atoms with van der Waals surface area (Å²) < 4.78 is 27.7. The smallest absolute Gasteiger partial charge is 0.220 e. The number of aliphatic hydroxyl groups excluding tert-OH is 2. The van der Waals surface area contributed by atoms with Gasteiger partial charge in [0, 0.05) is 22.5 Å². The zero-order chi connectivity index (χ0) is 21.2. The fourth-order valence-corrected chi connectivity index (χ4v) is 3.37. The molecule has 4 N–H and O–H groups in total. The van der Waals surface area contributed by atoms with Gasteiger partial charge in [-0.25, -0.2) is 8.78 Å². The minimum Gasteiger partial charge on any atom is -0.394 e. The Hall–Kier alpha value is -2.48. The van der Waals surface area contributed by atoms with Crippen molar-refractivity contribution >= 4 is 28.4 Å². The molecule has 3 aromatic rings. The van der Waals surface area contributed by atoms with Gasteiger partial charge in [0.25, 0.3) is 0 Å². The molecule has 5 nitrogen and oxygen atoms in total. The van der Waals surface area contributed by atoms with Crippen LogP contribution in [0.15, 0.2) is 36.4 Å². The van der Waals surface area contributed by atoms with Crippen LogP contribution in [0, 0.1) is 11.6 Å². The summed E-state index contributed by atoms with van der Waals surface area (Å²) in [5, 5.41) is 22.0. The molecular formula is C21H21ClF2N2O3. The molecule has 1 aromatic heterocycles. The molecule has 0 atom stereocenters. The predicted octanol–water partition coefficient (Wildman–Crippen LogP) is 3.56. The molecule has 0 unspecified atom stereocenters. The molecule has 0 bridgehead atoms. The predicted molar refractivity (Wildman–Crippen MR) is 108 cm³/mol. The number of halogens is 3. The minimum atomic E-state index is -1.13. The highest BCUT2D eigenvalue weighted by molar-refractivity contribution is 6.31. The molecule has 0 saturated carbocycles. The molecule has 154 valence electrons. The van der Waals surface area contributed by atoms with Gasteiger partial charge in [-0.05, 0) is 60.9 Å². The van der Waals surface area contributed by atoms with Gasteiger partial charge in [0.2, 0.25) is 5.91 Å². The van der Waals surface area contributed by atoms with E-state index in [4.69, 9.17) is 11.6 Å². The number of benzene rings is 2. The van der Waals surface area contributed by atoms with Crippen LogP contribution in [-0.2, 0) is 11.2 Å². The van der Waals surface area contributed by atoms with E-state index in [1.807, 2.05) is 0 Å². The van der Waals surface area contributed by atoms with Crippen molar-refractivity contribution < 1.29 is 23.8 Å². The molecule has 3 rings (SSSR count). The molecule has 0 radical (unpaired) electrons. The van der Waals surface area contributed by atoms with Crippen LogP contribution < -0.4 is 5.32 Å². The van der Waals surface area contributed by atoms with E-state index in [0.29, 0.717) is 22.2 Å². The lowest BCUT2D eigenvalue weighted by atomic mass is 10.00. The average molecular weight is 423 g/mol. The largest absolute Gasteiger partial charge is 0.394 e. The van der Waals surface area contributed by atoms with Crippen LogP contribution >= 0.6 is 11.6 Å². The third-order valence-electron chi connectivity index (χ3n) is 4.81. The number of carbonyl (C=O) groups excluding carboxylic acids is 1. The molecular weight excluding hydrogens is 402 g/mol. The zero-order valence-electron chi connectivity index (χ0n) is 15.7. The highest BCUT2D eigenvalue weighted by Gasteiger charge is 2.25. The van der Waals surface area contributed by atoms with Crippen LogP contribution in [0.5, 0.6) is 0 Å². The van der Waals surface area contributed by atoms with Gasteiger partial charge in [0.15, 0.2) is 0 Å². The Morgan fingerprint density at radius 3 is 2.45 bits per heavy atom. The van der Waals surface area contributed by atoms with E-state index in [2.05, 4.69) is 10.3 Å². The van der Waals surface area contributed by atoms with Crippen molar-refractivity contribution in [3.63, 3.8) is 0 Å². The Kier molecular flexibility index (Phi) is 6.21. The van der Waals surface area contributed by atoms with Crippen LogP contribution in [0.3, 0.4) is 0 Å². The van der Waals surface area contributed by atoms with Crippen LogP contribution in [0.4, 0.5) is 8.78 Å². The Bertz CT molecular complexity index is 1030. The van der Waals surface area contributed by atoms with E-state index < -0.39 is 30.4 Å². The van der Waals surface area contributed by atoms with Crippen molar-refractivity contribution in [2.45, 2.75) is 25.3 Å². The normalized spacial score (nSPS) is 11.8. The number of rotatable bonds is 7. The number of aromatic nitrogens is 1.